The van der Waals surface area contributed by atoms with Crippen LogP contribution in [0.5, 0.6) is 0 Å². The molecule has 0 atom stereocenters. The minimum Gasteiger partial charge on any atom is -0.393 e. The van der Waals surface area contributed by atoms with Crippen molar-refractivity contribution >= 4 is 28.6 Å². The van der Waals surface area contributed by atoms with Gasteiger partial charge in [0.25, 0.3) is 0 Å². The highest BCUT2D eigenvalue weighted by Gasteiger charge is 2.21. The highest BCUT2D eigenvalue weighted by Crippen LogP contribution is 2.28. The second kappa shape index (κ2) is 6.68. The Morgan fingerprint density at radius 1 is 1.33 bits per heavy atom. The Morgan fingerprint density at radius 3 is 2.86 bits per heavy atom. The van der Waals surface area contributed by atoms with E-state index in [2.05, 4.69) is 10.3 Å². The number of thiophene rings is 1. The first-order chi connectivity index (χ1) is 10.2. The first kappa shape index (κ1) is 14.7. The van der Waals surface area contributed by atoms with Crippen LogP contribution < -0.4 is 5.32 Å². The summed E-state index contributed by atoms with van der Waals surface area (Å²) in [6, 6.07) is 4.25. The average Bonchev–Trinajstić information content (AvgIpc) is 3.12. The van der Waals surface area contributed by atoms with Gasteiger partial charge >= 0.3 is 0 Å². The number of aliphatic hydroxyl groups excluding tert-OH is 1. The van der Waals surface area contributed by atoms with Crippen LogP contribution in [0, 0.1) is 0 Å². The number of carbonyl (C=O) groups excluding carboxylic acids is 1. The number of nitrogens with one attached hydrogen (secondary N) is 1. The zero-order valence-corrected chi connectivity index (χ0v) is 13.3. The van der Waals surface area contributed by atoms with Crippen LogP contribution in [0.3, 0.4) is 0 Å². The first-order valence-electron chi connectivity index (χ1n) is 7.16. The standard InChI is InChI=1S/C15H18N2O2S2/c18-12-5-3-10(4-6-12)16-14(19)8-11-9-21-15(17-11)13-2-1-7-20-13/h1-2,7,9-10,12,18H,3-6,8H2,(H,16,19). The van der Waals surface area contributed by atoms with Gasteiger partial charge in [0.1, 0.15) is 5.01 Å². The number of nitrogens with zero attached hydrogens (tertiary/aromatic N) is 1. The molecule has 1 aliphatic carbocycles. The number of carbonyl (C=O) groups is 1. The van der Waals surface area contributed by atoms with Crippen LogP contribution >= 0.6 is 22.7 Å². The van der Waals surface area contributed by atoms with E-state index in [0.717, 1.165) is 41.3 Å². The molecule has 1 aliphatic rings. The summed E-state index contributed by atoms with van der Waals surface area (Å²) in [6.45, 7) is 0. The lowest BCUT2D eigenvalue weighted by Crippen LogP contribution is -2.39. The topological polar surface area (TPSA) is 62.2 Å². The summed E-state index contributed by atoms with van der Waals surface area (Å²) in [4.78, 5) is 17.7. The first-order valence-corrected chi connectivity index (χ1v) is 8.92. The van der Waals surface area contributed by atoms with E-state index in [4.69, 9.17) is 0 Å². The van der Waals surface area contributed by atoms with Crippen molar-refractivity contribution in [3.8, 4) is 9.88 Å². The van der Waals surface area contributed by atoms with Crippen LogP contribution in [0.2, 0.25) is 0 Å². The SMILES string of the molecule is O=C(Cc1csc(-c2cccs2)n1)NC1CCC(O)CC1. The molecule has 0 radical (unpaired) electrons. The summed E-state index contributed by atoms with van der Waals surface area (Å²) in [5.41, 5.74) is 0.830. The van der Waals surface area contributed by atoms with Crippen LogP contribution in [0.15, 0.2) is 22.9 Å². The number of thiazole rings is 1. The van der Waals surface area contributed by atoms with Crippen molar-refractivity contribution in [1.29, 1.82) is 0 Å². The summed E-state index contributed by atoms with van der Waals surface area (Å²) in [6.07, 6.45) is 3.44. The van der Waals surface area contributed by atoms with Crippen LogP contribution in [-0.2, 0) is 11.2 Å². The monoisotopic (exact) mass is 322 g/mol. The van der Waals surface area contributed by atoms with E-state index in [9.17, 15) is 9.90 Å². The molecule has 1 saturated carbocycles. The molecule has 0 spiro atoms. The molecule has 0 bridgehead atoms. The lowest BCUT2D eigenvalue weighted by atomic mass is 9.93. The van der Waals surface area contributed by atoms with E-state index in [1.807, 2.05) is 22.9 Å². The third-order valence-corrected chi connectivity index (χ3v) is 5.62. The maximum atomic E-state index is 12.1. The molecule has 2 N–H and O–H groups in total. The van der Waals surface area contributed by atoms with Gasteiger partial charge in [-0.25, -0.2) is 4.98 Å². The highest BCUT2D eigenvalue weighted by molar-refractivity contribution is 7.20. The van der Waals surface area contributed by atoms with Crippen molar-refractivity contribution in [3.05, 3.63) is 28.6 Å². The fourth-order valence-electron chi connectivity index (χ4n) is 2.56. The Kier molecular flexibility index (Phi) is 4.67. The summed E-state index contributed by atoms with van der Waals surface area (Å²) in [5, 5.41) is 17.5. The Labute approximate surface area is 131 Å². The van der Waals surface area contributed by atoms with E-state index in [1.165, 1.54) is 0 Å². The maximum Gasteiger partial charge on any atom is 0.226 e. The zero-order valence-electron chi connectivity index (χ0n) is 11.6. The number of hydrogen-bond donors (Lipinski definition) is 2. The largest absolute Gasteiger partial charge is 0.393 e. The molecule has 3 rings (SSSR count). The molecule has 2 aromatic rings. The number of hydrogen-bond acceptors (Lipinski definition) is 5. The average molecular weight is 322 g/mol. The van der Waals surface area contributed by atoms with E-state index in [1.54, 1.807) is 22.7 Å². The fraction of sp³-hybridized carbons (Fsp3) is 0.467. The molecule has 0 aliphatic heterocycles. The van der Waals surface area contributed by atoms with Gasteiger partial charge in [-0.2, -0.15) is 0 Å². The van der Waals surface area contributed by atoms with Crippen LogP contribution in [-0.4, -0.2) is 28.1 Å². The number of aromatic nitrogens is 1. The van der Waals surface area contributed by atoms with Crippen molar-refractivity contribution < 1.29 is 9.90 Å². The molecule has 4 nitrogen and oxygen atoms in total. The molecule has 0 unspecified atom stereocenters. The summed E-state index contributed by atoms with van der Waals surface area (Å²) in [7, 11) is 0. The number of rotatable bonds is 4. The van der Waals surface area contributed by atoms with E-state index in [0.29, 0.717) is 6.42 Å². The van der Waals surface area contributed by atoms with Gasteiger partial charge in [-0.15, -0.1) is 22.7 Å². The number of amides is 1. The summed E-state index contributed by atoms with van der Waals surface area (Å²) in [5.74, 6) is 0.0272. The van der Waals surface area contributed by atoms with Gasteiger partial charge in [0.05, 0.1) is 23.1 Å². The van der Waals surface area contributed by atoms with Gasteiger partial charge in [0.15, 0.2) is 0 Å². The molecule has 2 aromatic heterocycles. The van der Waals surface area contributed by atoms with Crippen molar-refractivity contribution in [2.24, 2.45) is 0 Å². The van der Waals surface area contributed by atoms with Crippen molar-refractivity contribution in [2.75, 3.05) is 0 Å². The molecule has 1 amide bonds. The molecular formula is C15H18N2O2S2. The quantitative estimate of drug-likeness (QED) is 0.910. The lowest BCUT2D eigenvalue weighted by Gasteiger charge is -2.26. The molecule has 6 heteroatoms. The third kappa shape index (κ3) is 3.90. The van der Waals surface area contributed by atoms with Gasteiger partial charge in [-0.3, -0.25) is 4.79 Å². The lowest BCUT2D eigenvalue weighted by molar-refractivity contribution is -0.121. The highest BCUT2D eigenvalue weighted by atomic mass is 32.1. The van der Waals surface area contributed by atoms with Gasteiger partial charge in [0, 0.05) is 11.4 Å². The van der Waals surface area contributed by atoms with Crippen LogP contribution in [0.4, 0.5) is 0 Å². The summed E-state index contributed by atoms with van der Waals surface area (Å²) >= 11 is 3.24. The maximum absolute atomic E-state index is 12.1. The van der Waals surface area contributed by atoms with Crippen molar-refractivity contribution in [2.45, 2.75) is 44.2 Å². The van der Waals surface area contributed by atoms with Crippen LogP contribution in [0.25, 0.3) is 9.88 Å². The predicted octanol–water partition coefficient (Wildman–Crippen LogP) is 2.83. The Morgan fingerprint density at radius 2 is 2.14 bits per heavy atom. The smallest absolute Gasteiger partial charge is 0.226 e. The zero-order chi connectivity index (χ0) is 14.7. The van der Waals surface area contributed by atoms with Gasteiger partial charge < -0.3 is 10.4 Å². The van der Waals surface area contributed by atoms with Gasteiger partial charge in [0.2, 0.25) is 5.91 Å². The van der Waals surface area contributed by atoms with Crippen molar-refractivity contribution in [3.63, 3.8) is 0 Å². The number of aliphatic hydroxyl groups is 1. The molecule has 112 valence electrons. The van der Waals surface area contributed by atoms with E-state index >= 15 is 0 Å². The molecule has 0 saturated heterocycles. The molecular weight excluding hydrogens is 304 g/mol. The predicted molar refractivity (Wildman–Crippen MR) is 85.5 cm³/mol. The Bertz CT molecular complexity index is 587. The third-order valence-electron chi connectivity index (χ3n) is 3.69. The Balaban J connectivity index is 1.53. The second-order valence-corrected chi connectivity index (χ2v) is 7.18. The minimum atomic E-state index is -0.190. The minimum absolute atomic E-state index is 0.0272. The molecule has 0 aromatic carbocycles. The van der Waals surface area contributed by atoms with Gasteiger partial charge in [-0.05, 0) is 37.1 Å². The summed E-state index contributed by atoms with van der Waals surface area (Å²) < 4.78 is 0. The van der Waals surface area contributed by atoms with E-state index < -0.39 is 0 Å². The van der Waals surface area contributed by atoms with Crippen molar-refractivity contribution in [1.82, 2.24) is 10.3 Å². The fourth-order valence-corrected chi connectivity index (χ4v) is 4.20. The van der Waals surface area contributed by atoms with E-state index in [-0.39, 0.29) is 18.1 Å². The molecule has 21 heavy (non-hydrogen) atoms. The second-order valence-electron chi connectivity index (χ2n) is 5.37. The van der Waals surface area contributed by atoms with Crippen LogP contribution in [0.1, 0.15) is 31.4 Å². The Hall–Kier alpha value is -1.24. The normalized spacial score (nSPS) is 22.1. The molecule has 2 heterocycles. The van der Waals surface area contributed by atoms with Gasteiger partial charge in [-0.1, -0.05) is 6.07 Å². The molecule has 1 fully saturated rings.